The van der Waals surface area contributed by atoms with Gasteiger partial charge in [-0.15, -0.1) is 0 Å². The number of nitrogens with zero attached hydrogens (tertiary/aromatic N) is 2. The summed E-state index contributed by atoms with van der Waals surface area (Å²) in [5.41, 5.74) is 6.67. The molecule has 1 aromatic carbocycles. The molecule has 2 heterocycles. The van der Waals surface area contributed by atoms with Crippen LogP contribution >= 0.6 is 0 Å². The summed E-state index contributed by atoms with van der Waals surface area (Å²) >= 11 is 0. The molecule has 1 aromatic rings. The molecule has 4 N–H and O–H groups in total. The molecule has 0 bridgehead atoms. The molecule has 3 unspecified atom stereocenters. The van der Waals surface area contributed by atoms with Gasteiger partial charge >= 0.3 is 0 Å². The topological polar surface area (TPSA) is 124 Å². The molecule has 2 aliphatic heterocycles. The molecule has 24 heavy (non-hydrogen) atoms. The zero-order chi connectivity index (χ0) is 17.4. The Labute approximate surface area is 138 Å². The molecule has 128 valence electrons. The minimum absolute atomic E-state index is 0.0168. The standard InChI is InChI=1S/C16H19N3O5/c17-15(23)10-5-9-3-1-2-4-11(9)19(16(10)24)8-14(22)18-6-12(20)13(21)7-18/h1-4,10,12-13,20-21H,5-8H2,(H2,17,23). The number of fused-ring (bicyclic) bond motifs is 1. The van der Waals surface area contributed by atoms with E-state index in [1.165, 1.54) is 9.80 Å². The highest BCUT2D eigenvalue weighted by Crippen LogP contribution is 2.30. The molecular weight excluding hydrogens is 314 g/mol. The van der Waals surface area contributed by atoms with Gasteiger partial charge in [0.15, 0.2) is 0 Å². The first-order valence-corrected chi connectivity index (χ1v) is 7.71. The summed E-state index contributed by atoms with van der Waals surface area (Å²) in [6, 6.07) is 7.04. The molecule has 0 saturated carbocycles. The maximum Gasteiger partial charge on any atom is 0.242 e. The summed E-state index contributed by atoms with van der Waals surface area (Å²) in [5, 5.41) is 19.1. The van der Waals surface area contributed by atoms with Gasteiger partial charge in [0.25, 0.3) is 0 Å². The number of anilines is 1. The van der Waals surface area contributed by atoms with Crippen LogP contribution < -0.4 is 10.6 Å². The van der Waals surface area contributed by atoms with E-state index in [-0.39, 0.29) is 26.1 Å². The monoisotopic (exact) mass is 333 g/mol. The number of para-hydroxylation sites is 1. The van der Waals surface area contributed by atoms with Gasteiger partial charge in [0.05, 0.1) is 12.2 Å². The fourth-order valence-electron chi connectivity index (χ4n) is 3.15. The van der Waals surface area contributed by atoms with E-state index in [1.807, 2.05) is 0 Å². The fraction of sp³-hybridized carbons (Fsp3) is 0.438. The summed E-state index contributed by atoms with van der Waals surface area (Å²) in [6.07, 6.45) is -1.76. The number of carbonyl (C=O) groups is 3. The third kappa shape index (κ3) is 2.85. The molecule has 0 radical (unpaired) electrons. The van der Waals surface area contributed by atoms with Crippen molar-refractivity contribution in [3.05, 3.63) is 29.8 Å². The highest BCUT2D eigenvalue weighted by Gasteiger charge is 2.39. The highest BCUT2D eigenvalue weighted by molar-refractivity contribution is 6.11. The van der Waals surface area contributed by atoms with Crippen LogP contribution in [0.15, 0.2) is 24.3 Å². The lowest BCUT2D eigenvalue weighted by atomic mass is 9.91. The van der Waals surface area contributed by atoms with E-state index in [2.05, 4.69) is 0 Å². The van der Waals surface area contributed by atoms with Crippen LogP contribution in [-0.4, -0.2) is 64.7 Å². The molecule has 3 atom stereocenters. The number of aliphatic hydroxyl groups is 2. The van der Waals surface area contributed by atoms with E-state index in [1.54, 1.807) is 24.3 Å². The van der Waals surface area contributed by atoms with Gasteiger partial charge in [0, 0.05) is 18.8 Å². The molecule has 1 saturated heterocycles. The largest absolute Gasteiger partial charge is 0.388 e. The number of carbonyl (C=O) groups excluding carboxylic acids is 3. The van der Waals surface area contributed by atoms with Crippen LogP contribution in [0, 0.1) is 5.92 Å². The van der Waals surface area contributed by atoms with Crippen LogP contribution in [0.5, 0.6) is 0 Å². The Bertz CT molecular complexity index is 682. The second-order valence-corrected chi connectivity index (χ2v) is 6.15. The molecule has 0 spiro atoms. The fourth-order valence-corrected chi connectivity index (χ4v) is 3.15. The number of likely N-dealkylation sites (tertiary alicyclic amines) is 1. The maximum atomic E-state index is 12.6. The van der Waals surface area contributed by atoms with Crippen molar-refractivity contribution in [3.8, 4) is 0 Å². The molecule has 3 amide bonds. The molecule has 0 aromatic heterocycles. The summed E-state index contributed by atoms with van der Waals surface area (Å²) in [5.74, 6) is -2.63. The number of rotatable bonds is 3. The van der Waals surface area contributed by atoms with Gasteiger partial charge < -0.3 is 25.7 Å². The summed E-state index contributed by atoms with van der Waals surface area (Å²) in [7, 11) is 0. The minimum atomic E-state index is -0.998. The Morgan fingerprint density at radius 2 is 1.79 bits per heavy atom. The van der Waals surface area contributed by atoms with E-state index in [0.717, 1.165) is 5.56 Å². The second-order valence-electron chi connectivity index (χ2n) is 6.15. The minimum Gasteiger partial charge on any atom is -0.388 e. The van der Waals surface area contributed by atoms with Crippen molar-refractivity contribution in [2.75, 3.05) is 24.5 Å². The first kappa shape index (κ1) is 16.4. The van der Waals surface area contributed by atoms with Gasteiger partial charge in [-0.05, 0) is 18.1 Å². The third-order valence-electron chi connectivity index (χ3n) is 4.52. The lowest BCUT2D eigenvalue weighted by Crippen LogP contribution is -2.50. The molecular formula is C16H19N3O5. The summed E-state index contributed by atoms with van der Waals surface area (Å²) in [6.45, 7) is -0.231. The molecule has 2 aliphatic rings. The predicted molar refractivity (Wildman–Crippen MR) is 83.8 cm³/mol. The Morgan fingerprint density at radius 1 is 1.17 bits per heavy atom. The molecule has 8 heteroatoms. The van der Waals surface area contributed by atoms with Gasteiger partial charge in [-0.1, -0.05) is 18.2 Å². The zero-order valence-corrected chi connectivity index (χ0v) is 13.0. The number of amides is 3. The predicted octanol–water partition coefficient (Wildman–Crippen LogP) is -1.76. The van der Waals surface area contributed by atoms with Crippen LogP contribution in [0.3, 0.4) is 0 Å². The number of aliphatic hydroxyl groups excluding tert-OH is 2. The summed E-state index contributed by atoms with van der Waals surface area (Å²) < 4.78 is 0. The van der Waals surface area contributed by atoms with E-state index in [4.69, 9.17) is 5.73 Å². The normalized spacial score (nSPS) is 26.4. The van der Waals surface area contributed by atoms with E-state index in [0.29, 0.717) is 5.69 Å². The van der Waals surface area contributed by atoms with Crippen molar-refractivity contribution in [3.63, 3.8) is 0 Å². The SMILES string of the molecule is NC(=O)C1Cc2ccccc2N(CC(=O)N2CC(O)C(O)C2)C1=O. The van der Waals surface area contributed by atoms with Crippen molar-refractivity contribution in [2.45, 2.75) is 18.6 Å². The van der Waals surface area contributed by atoms with Crippen LogP contribution in [0.2, 0.25) is 0 Å². The van der Waals surface area contributed by atoms with Crippen molar-refractivity contribution < 1.29 is 24.6 Å². The number of hydrogen-bond acceptors (Lipinski definition) is 5. The third-order valence-corrected chi connectivity index (χ3v) is 4.52. The van der Waals surface area contributed by atoms with Crippen LogP contribution in [-0.2, 0) is 20.8 Å². The molecule has 8 nitrogen and oxygen atoms in total. The van der Waals surface area contributed by atoms with E-state index < -0.39 is 35.8 Å². The zero-order valence-electron chi connectivity index (χ0n) is 13.0. The van der Waals surface area contributed by atoms with E-state index >= 15 is 0 Å². The molecule has 3 rings (SSSR count). The second kappa shape index (κ2) is 6.21. The average molecular weight is 333 g/mol. The van der Waals surface area contributed by atoms with Crippen molar-refractivity contribution in [2.24, 2.45) is 11.7 Å². The Hall–Kier alpha value is -2.45. The quantitative estimate of drug-likeness (QED) is 0.565. The van der Waals surface area contributed by atoms with Crippen molar-refractivity contribution in [1.82, 2.24) is 4.90 Å². The lowest BCUT2D eigenvalue weighted by molar-refractivity contribution is -0.135. The van der Waals surface area contributed by atoms with Crippen LogP contribution in [0.1, 0.15) is 5.56 Å². The molecule has 0 aliphatic carbocycles. The van der Waals surface area contributed by atoms with Crippen molar-refractivity contribution >= 4 is 23.4 Å². The Kier molecular flexibility index (Phi) is 4.25. The number of β-amino-alcohol motifs (C(OH)–C–C–N with tert-alkyl or cyclic N) is 2. The van der Waals surface area contributed by atoms with Gasteiger partial charge in [0.1, 0.15) is 12.5 Å². The number of benzene rings is 1. The Morgan fingerprint density at radius 3 is 2.42 bits per heavy atom. The Balaban J connectivity index is 1.84. The van der Waals surface area contributed by atoms with Gasteiger partial charge in [-0.25, -0.2) is 0 Å². The van der Waals surface area contributed by atoms with Gasteiger partial charge in [0.2, 0.25) is 17.7 Å². The van der Waals surface area contributed by atoms with Crippen LogP contribution in [0.4, 0.5) is 5.69 Å². The van der Waals surface area contributed by atoms with Gasteiger partial charge in [-0.3, -0.25) is 14.4 Å². The number of nitrogens with two attached hydrogens (primary N) is 1. The van der Waals surface area contributed by atoms with Crippen LogP contribution in [0.25, 0.3) is 0 Å². The first-order chi connectivity index (χ1) is 11.4. The van der Waals surface area contributed by atoms with Gasteiger partial charge in [-0.2, -0.15) is 0 Å². The highest BCUT2D eigenvalue weighted by atomic mass is 16.3. The number of hydrogen-bond donors (Lipinski definition) is 3. The maximum absolute atomic E-state index is 12.6. The van der Waals surface area contributed by atoms with E-state index in [9.17, 15) is 24.6 Å². The average Bonchev–Trinajstić information content (AvgIpc) is 2.89. The first-order valence-electron chi connectivity index (χ1n) is 7.71. The molecule has 1 fully saturated rings. The summed E-state index contributed by atoms with van der Waals surface area (Å²) in [4.78, 5) is 39.1. The lowest BCUT2D eigenvalue weighted by Gasteiger charge is -2.33. The number of primary amides is 1. The van der Waals surface area contributed by atoms with Crippen molar-refractivity contribution in [1.29, 1.82) is 0 Å². The smallest absolute Gasteiger partial charge is 0.242 e.